The summed E-state index contributed by atoms with van der Waals surface area (Å²) in [7, 11) is 3.75. The average molecular weight is 308 g/mol. The van der Waals surface area contributed by atoms with Crippen molar-refractivity contribution in [2.45, 2.75) is 6.92 Å². The van der Waals surface area contributed by atoms with Crippen LogP contribution in [0.1, 0.15) is 16.2 Å². The highest BCUT2D eigenvalue weighted by atomic mass is 79.9. The number of hydrogen-bond donors (Lipinski definition) is 0. The van der Waals surface area contributed by atoms with Gasteiger partial charge >= 0.3 is 0 Å². The second-order valence-electron chi connectivity index (χ2n) is 4.25. The summed E-state index contributed by atoms with van der Waals surface area (Å²) < 4.78 is 2.81. The molecule has 0 unspecified atom stereocenters. The summed E-state index contributed by atoms with van der Waals surface area (Å²) in [4.78, 5) is 18.2. The number of ketones is 1. The summed E-state index contributed by atoms with van der Waals surface area (Å²) in [6, 6.07) is 3.81. The van der Waals surface area contributed by atoms with Crippen LogP contribution >= 0.6 is 15.9 Å². The second kappa shape index (κ2) is 4.94. The first-order chi connectivity index (χ1) is 8.50. The molecule has 0 atom stereocenters. The molecule has 0 aliphatic heterocycles. The molecule has 0 N–H and O–H groups in total. The summed E-state index contributed by atoms with van der Waals surface area (Å²) in [5, 5.41) is 0. The van der Waals surface area contributed by atoms with E-state index in [1.165, 1.54) is 0 Å². The van der Waals surface area contributed by atoms with Gasteiger partial charge in [-0.2, -0.15) is 0 Å². The molecular formula is C13H14BrN3O. The summed E-state index contributed by atoms with van der Waals surface area (Å²) in [6.45, 7) is 1.95. The molecule has 2 aromatic rings. The van der Waals surface area contributed by atoms with Crippen LogP contribution in [-0.2, 0) is 0 Å². The Balaban J connectivity index is 2.52. The number of aromatic nitrogens is 2. The maximum Gasteiger partial charge on any atom is 0.205 e. The first kappa shape index (κ1) is 12.8. The third-order valence-corrected chi connectivity index (χ3v) is 3.46. The van der Waals surface area contributed by atoms with Crippen molar-refractivity contribution in [1.82, 2.24) is 14.3 Å². The normalized spacial score (nSPS) is 11.3. The van der Waals surface area contributed by atoms with Gasteiger partial charge in [0, 0.05) is 36.5 Å². The van der Waals surface area contributed by atoms with E-state index in [4.69, 9.17) is 0 Å². The molecule has 0 saturated carbocycles. The van der Waals surface area contributed by atoms with Gasteiger partial charge in [0.15, 0.2) is 0 Å². The largest absolute Gasteiger partial charge is 0.383 e. The minimum Gasteiger partial charge on any atom is -0.383 e. The number of carbonyl (C=O) groups excluding carboxylic acids is 1. The van der Waals surface area contributed by atoms with Crippen LogP contribution in [0.2, 0.25) is 0 Å². The van der Waals surface area contributed by atoms with E-state index < -0.39 is 0 Å². The molecule has 2 heterocycles. The van der Waals surface area contributed by atoms with Crippen LogP contribution < -0.4 is 0 Å². The number of nitrogens with zero attached hydrogens (tertiary/aromatic N) is 3. The highest BCUT2D eigenvalue weighted by Gasteiger charge is 2.12. The van der Waals surface area contributed by atoms with Gasteiger partial charge in [0.2, 0.25) is 5.78 Å². The lowest BCUT2D eigenvalue weighted by atomic mass is 10.2. The fourth-order valence-electron chi connectivity index (χ4n) is 1.69. The maximum atomic E-state index is 12.1. The van der Waals surface area contributed by atoms with Crippen molar-refractivity contribution in [1.29, 1.82) is 0 Å². The van der Waals surface area contributed by atoms with E-state index in [-0.39, 0.29) is 5.78 Å². The molecular weight excluding hydrogens is 294 g/mol. The molecule has 0 amide bonds. The van der Waals surface area contributed by atoms with Gasteiger partial charge in [-0.05, 0) is 35.0 Å². The number of imidazole rings is 1. The Morgan fingerprint density at radius 1 is 1.44 bits per heavy atom. The molecule has 0 bridgehead atoms. The number of carbonyl (C=O) groups is 1. The van der Waals surface area contributed by atoms with E-state index in [0.29, 0.717) is 5.69 Å². The first-order valence-electron chi connectivity index (χ1n) is 5.52. The van der Waals surface area contributed by atoms with Crippen LogP contribution in [0.5, 0.6) is 0 Å². The molecule has 0 radical (unpaired) electrons. The van der Waals surface area contributed by atoms with Crippen LogP contribution in [0.25, 0.3) is 5.65 Å². The Morgan fingerprint density at radius 2 is 2.17 bits per heavy atom. The standard InChI is InChI=1S/C13H14BrN3O/c1-9-10(14)4-5-13-15-8-11(17(9)13)12(18)6-7-16(2)3/h4-8H,1-3H3. The lowest BCUT2D eigenvalue weighted by Gasteiger charge is -2.06. The van der Waals surface area contributed by atoms with Gasteiger partial charge in [-0.1, -0.05) is 0 Å². The number of rotatable bonds is 3. The van der Waals surface area contributed by atoms with Crippen molar-refractivity contribution in [3.8, 4) is 0 Å². The fourth-order valence-corrected chi connectivity index (χ4v) is 2.00. The van der Waals surface area contributed by atoms with Crippen LogP contribution in [0.3, 0.4) is 0 Å². The Kier molecular flexibility index (Phi) is 3.52. The van der Waals surface area contributed by atoms with E-state index in [9.17, 15) is 4.79 Å². The topological polar surface area (TPSA) is 37.6 Å². The van der Waals surface area contributed by atoms with Gasteiger partial charge in [0.05, 0.1) is 6.20 Å². The summed E-state index contributed by atoms with van der Waals surface area (Å²) in [6.07, 6.45) is 4.88. The van der Waals surface area contributed by atoms with Crippen molar-refractivity contribution < 1.29 is 4.79 Å². The molecule has 0 aliphatic rings. The quantitative estimate of drug-likeness (QED) is 0.646. The SMILES string of the molecule is Cc1c(Br)ccc2ncc(C(=O)C=CN(C)C)n12. The number of aryl methyl sites for hydroxylation is 1. The van der Waals surface area contributed by atoms with Gasteiger partial charge < -0.3 is 4.90 Å². The smallest absolute Gasteiger partial charge is 0.205 e. The van der Waals surface area contributed by atoms with E-state index in [1.807, 2.05) is 42.5 Å². The maximum absolute atomic E-state index is 12.1. The fraction of sp³-hybridized carbons (Fsp3) is 0.231. The van der Waals surface area contributed by atoms with Gasteiger partial charge in [-0.3, -0.25) is 9.20 Å². The van der Waals surface area contributed by atoms with Gasteiger partial charge in [-0.15, -0.1) is 0 Å². The Hall–Kier alpha value is -1.62. The number of hydrogen-bond acceptors (Lipinski definition) is 3. The third-order valence-electron chi connectivity index (χ3n) is 2.63. The summed E-state index contributed by atoms with van der Waals surface area (Å²) >= 11 is 3.46. The highest BCUT2D eigenvalue weighted by molar-refractivity contribution is 9.10. The average Bonchev–Trinajstić information content (AvgIpc) is 2.75. The second-order valence-corrected chi connectivity index (χ2v) is 5.10. The Bertz CT molecular complexity index is 628. The monoisotopic (exact) mass is 307 g/mol. The molecule has 0 spiro atoms. The first-order valence-corrected chi connectivity index (χ1v) is 6.31. The zero-order valence-corrected chi connectivity index (χ0v) is 12.1. The molecule has 5 heteroatoms. The number of fused-ring (bicyclic) bond motifs is 1. The summed E-state index contributed by atoms with van der Waals surface area (Å²) in [5.74, 6) is -0.0580. The molecule has 0 fully saturated rings. The number of allylic oxidation sites excluding steroid dienone is 1. The van der Waals surface area contributed by atoms with Gasteiger partial charge in [-0.25, -0.2) is 4.98 Å². The zero-order valence-electron chi connectivity index (χ0n) is 10.5. The molecule has 4 nitrogen and oxygen atoms in total. The predicted octanol–water partition coefficient (Wildman–Crippen LogP) is 2.66. The van der Waals surface area contributed by atoms with Crippen molar-refractivity contribution in [2.75, 3.05) is 14.1 Å². The van der Waals surface area contributed by atoms with Crippen LogP contribution in [0, 0.1) is 6.92 Å². The highest BCUT2D eigenvalue weighted by Crippen LogP contribution is 2.19. The molecule has 2 aromatic heterocycles. The Morgan fingerprint density at radius 3 is 2.83 bits per heavy atom. The van der Waals surface area contributed by atoms with Crippen LogP contribution in [0.15, 0.2) is 35.1 Å². The Labute approximate surface area is 114 Å². The molecule has 0 saturated heterocycles. The van der Waals surface area contributed by atoms with Crippen molar-refractivity contribution in [3.05, 3.63) is 46.5 Å². The minimum absolute atomic E-state index is 0.0580. The lowest BCUT2D eigenvalue weighted by molar-refractivity contribution is 0.104. The predicted molar refractivity (Wildman–Crippen MR) is 74.8 cm³/mol. The minimum atomic E-state index is -0.0580. The molecule has 94 valence electrons. The van der Waals surface area contributed by atoms with Gasteiger partial charge in [0.1, 0.15) is 11.3 Å². The third kappa shape index (κ3) is 2.31. The van der Waals surface area contributed by atoms with E-state index in [1.54, 1.807) is 18.5 Å². The molecule has 18 heavy (non-hydrogen) atoms. The number of halogens is 1. The van der Waals surface area contributed by atoms with Crippen molar-refractivity contribution in [2.24, 2.45) is 0 Å². The van der Waals surface area contributed by atoms with Crippen molar-refractivity contribution >= 4 is 27.4 Å². The van der Waals surface area contributed by atoms with E-state index in [0.717, 1.165) is 15.8 Å². The summed E-state index contributed by atoms with van der Waals surface area (Å²) in [5.41, 5.74) is 2.31. The molecule has 2 rings (SSSR count). The van der Waals surface area contributed by atoms with E-state index in [2.05, 4.69) is 20.9 Å². The van der Waals surface area contributed by atoms with E-state index >= 15 is 0 Å². The number of pyridine rings is 1. The lowest BCUT2D eigenvalue weighted by Crippen LogP contribution is -2.06. The molecule has 0 aliphatic carbocycles. The van der Waals surface area contributed by atoms with Crippen LogP contribution in [-0.4, -0.2) is 34.2 Å². The van der Waals surface area contributed by atoms with Gasteiger partial charge in [0.25, 0.3) is 0 Å². The van der Waals surface area contributed by atoms with Crippen LogP contribution in [0.4, 0.5) is 0 Å². The molecule has 0 aromatic carbocycles. The zero-order chi connectivity index (χ0) is 13.3. The van der Waals surface area contributed by atoms with Crippen molar-refractivity contribution in [3.63, 3.8) is 0 Å².